The summed E-state index contributed by atoms with van der Waals surface area (Å²) < 4.78 is 0. The second kappa shape index (κ2) is 7.00. The minimum Gasteiger partial charge on any atom is -0.352 e. The molecule has 0 saturated heterocycles. The fourth-order valence-electron chi connectivity index (χ4n) is 1.20. The van der Waals surface area contributed by atoms with Gasteiger partial charge in [-0.2, -0.15) is 0 Å². The Morgan fingerprint density at radius 2 is 2.00 bits per heavy atom. The van der Waals surface area contributed by atoms with Gasteiger partial charge in [0.2, 0.25) is 0 Å². The van der Waals surface area contributed by atoms with Crippen LogP contribution in [0.1, 0.15) is 23.2 Å². The van der Waals surface area contributed by atoms with E-state index in [4.69, 9.17) is 34.8 Å². The van der Waals surface area contributed by atoms with Crippen molar-refractivity contribution in [2.45, 2.75) is 12.8 Å². The third-order valence-corrected chi connectivity index (χ3v) is 3.13. The molecular weight excluding hydrogens is 268 g/mol. The number of carbonyl (C=O) groups is 1. The Labute approximate surface area is 110 Å². The molecule has 0 fully saturated rings. The number of unbranched alkanes of at least 4 members (excludes halogenated alkanes) is 1. The Bertz CT molecular complexity index is 368. The fourth-order valence-corrected chi connectivity index (χ4v) is 1.77. The Hall–Kier alpha value is -0.440. The molecule has 0 heterocycles. The van der Waals surface area contributed by atoms with Crippen LogP contribution in [0.5, 0.6) is 0 Å². The maximum Gasteiger partial charge on any atom is 0.252 e. The van der Waals surface area contributed by atoms with E-state index in [-0.39, 0.29) is 5.91 Å². The normalized spacial score (nSPS) is 10.2. The molecule has 1 aromatic rings. The van der Waals surface area contributed by atoms with Crippen LogP contribution in [0.4, 0.5) is 0 Å². The van der Waals surface area contributed by atoms with Gasteiger partial charge in [-0.15, -0.1) is 11.6 Å². The highest BCUT2D eigenvalue weighted by Gasteiger charge is 2.11. The van der Waals surface area contributed by atoms with Crippen molar-refractivity contribution in [3.05, 3.63) is 33.8 Å². The lowest BCUT2D eigenvalue weighted by atomic mass is 10.2. The molecule has 0 spiro atoms. The molecule has 1 aromatic carbocycles. The Morgan fingerprint density at radius 1 is 1.25 bits per heavy atom. The van der Waals surface area contributed by atoms with E-state index in [2.05, 4.69) is 5.32 Å². The lowest BCUT2D eigenvalue weighted by Crippen LogP contribution is -2.24. The molecule has 88 valence electrons. The lowest BCUT2D eigenvalue weighted by Gasteiger charge is -2.06. The van der Waals surface area contributed by atoms with Gasteiger partial charge >= 0.3 is 0 Å². The number of carbonyl (C=O) groups excluding carboxylic acids is 1. The Morgan fingerprint density at radius 3 is 2.69 bits per heavy atom. The number of nitrogens with one attached hydrogen (secondary N) is 1. The topological polar surface area (TPSA) is 29.1 Å². The van der Waals surface area contributed by atoms with Crippen molar-refractivity contribution >= 4 is 40.7 Å². The Kier molecular flexibility index (Phi) is 5.96. The number of halogens is 3. The highest BCUT2D eigenvalue weighted by molar-refractivity contribution is 6.43. The van der Waals surface area contributed by atoms with Gasteiger partial charge in [0.1, 0.15) is 0 Å². The fraction of sp³-hybridized carbons (Fsp3) is 0.364. The van der Waals surface area contributed by atoms with Gasteiger partial charge in [0.25, 0.3) is 5.91 Å². The predicted octanol–water partition coefficient (Wildman–Crippen LogP) is 3.74. The minimum absolute atomic E-state index is 0.206. The zero-order valence-corrected chi connectivity index (χ0v) is 10.9. The smallest absolute Gasteiger partial charge is 0.252 e. The van der Waals surface area contributed by atoms with Crippen molar-refractivity contribution in [2.24, 2.45) is 0 Å². The van der Waals surface area contributed by atoms with Crippen molar-refractivity contribution in [3.8, 4) is 0 Å². The number of amides is 1. The molecule has 0 aliphatic rings. The highest BCUT2D eigenvalue weighted by atomic mass is 35.5. The number of benzene rings is 1. The molecule has 0 aliphatic carbocycles. The van der Waals surface area contributed by atoms with Gasteiger partial charge in [0, 0.05) is 12.4 Å². The van der Waals surface area contributed by atoms with Gasteiger partial charge in [-0.1, -0.05) is 29.3 Å². The van der Waals surface area contributed by atoms with Crippen molar-refractivity contribution in [2.75, 3.05) is 12.4 Å². The van der Waals surface area contributed by atoms with E-state index in [0.717, 1.165) is 12.8 Å². The number of hydrogen-bond donors (Lipinski definition) is 1. The summed E-state index contributed by atoms with van der Waals surface area (Å²) in [6.45, 7) is 0.592. The van der Waals surface area contributed by atoms with Crippen molar-refractivity contribution in [1.82, 2.24) is 5.32 Å². The average molecular weight is 281 g/mol. The molecule has 5 heteroatoms. The summed E-state index contributed by atoms with van der Waals surface area (Å²) in [5.74, 6) is 0.399. The molecule has 2 nitrogen and oxygen atoms in total. The van der Waals surface area contributed by atoms with E-state index in [1.807, 2.05) is 0 Å². The second-order valence-electron chi connectivity index (χ2n) is 3.25. The molecule has 0 atom stereocenters. The monoisotopic (exact) mass is 279 g/mol. The van der Waals surface area contributed by atoms with Gasteiger partial charge in [0.05, 0.1) is 15.6 Å². The molecule has 0 bridgehead atoms. The lowest BCUT2D eigenvalue weighted by molar-refractivity contribution is 0.0953. The van der Waals surface area contributed by atoms with E-state index < -0.39 is 0 Å². The van der Waals surface area contributed by atoms with Gasteiger partial charge in [-0.3, -0.25) is 4.79 Å². The zero-order chi connectivity index (χ0) is 12.0. The Balaban J connectivity index is 2.56. The largest absolute Gasteiger partial charge is 0.352 e. The molecule has 1 rings (SSSR count). The molecule has 1 N–H and O–H groups in total. The van der Waals surface area contributed by atoms with E-state index >= 15 is 0 Å². The summed E-state index contributed by atoms with van der Waals surface area (Å²) in [6.07, 6.45) is 1.73. The number of hydrogen-bond acceptors (Lipinski definition) is 1. The molecule has 1 amide bonds. The summed E-state index contributed by atoms with van der Waals surface area (Å²) in [4.78, 5) is 11.7. The molecule has 0 aromatic heterocycles. The van der Waals surface area contributed by atoms with Crippen LogP contribution >= 0.6 is 34.8 Å². The molecule has 0 unspecified atom stereocenters. The highest BCUT2D eigenvalue weighted by Crippen LogP contribution is 2.25. The van der Waals surface area contributed by atoms with Gasteiger partial charge in [-0.25, -0.2) is 0 Å². The van der Waals surface area contributed by atoms with Crippen LogP contribution in [-0.2, 0) is 0 Å². The van der Waals surface area contributed by atoms with Gasteiger partial charge in [0.15, 0.2) is 0 Å². The first-order valence-corrected chi connectivity index (χ1v) is 6.24. The van der Waals surface area contributed by atoms with Crippen LogP contribution in [0.3, 0.4) is 0 Å². The van der Waals surface area contributed by atoms with Crippen LogP contribution in [0.15, 0.2) is 18.2 Å². The molecular formula is C11H12Cl3NO. The first-order valence-electron chi connectivity index (χ1n) is 4.95. The van der Waals surface area contributed by atoms with E-state index in [1.54, 1.807) is 18.2 Å². The second-order valence-corrected chi connectivity index (χ2v) is 4.42. The number of alkyl halides is 1. The van der Waals surface area contributed by atoms with Crippen LogP contribution in [-0.4, -0.2) is 18.3 Å². The summed E-state index contributed by atoms with van der Waals surface area (Å²) >= 11 is 17.3. The zero-order valence-electron chi connectivity index (χ0n) is 8.60. The summed E-state index contributed by atoms with van der Waals surface area (Å²) in [7, 11) is 0. The van der Waals surface area contributed by atoms with Crippen LogP contribution in [0.25, 0.3) is 0 Å². The maximum absolute atomic E-state index is 11.7. The number of rotatable bonds is 5. The van der Waals surface area contributed by atoms with Gasteiger partial charge < -0.3 is 5.32 Å². The van der Waals surface area contributed by atoms with Crippen molar-refractivity contribution in [3.63, 3.8) is 0 Å². The quantitative estimate of drug-likeness (QED) is 0.646. The van der Waals surface area contributed by atoms with Gasteiger partial charge in [-0.05, 0) is 25.0 Å². The van der Waals surface area contributed by atoms with E-state index in [1.165, 1.54) is 0 Å². The van der Waals surface area contributed by atoms with Crippen molar-refractivity contribution in [1.29, 1.82) is 0 Å². The molecule has 0 saturated carbocycles. The molecule has 0 radical (unpaired) electrons. The average Bonchev–Trinajstić information content (AvgIpc) is 2.28. The van der Waals surface area contributed by atoms with E-state index in [0.29, 0.717) is 28.0 Å². The minimum atomic E-state index is -0.206. The summed E-state index contributed by atoms with van der Waals surface area (Å²) in [5, 5.41) is 3.44. The van der Waals surface area contributed by atoms with Crippen molar-refractivity contribution < 1.29 is 4.79 Å². The predicted molar refractivity (Wildman–Crippen MR) is 68.7 cm³/mol. The first-order chi connectivity index (χ1) is 7.66. The third-order valence-electron chi connectivity index (χ3n) is 2.04. The maximum atomic E-state index is 11.7. The summed E-state index contributed by atoms with van der Waals surface area (Å²) in [5.41, 5.74) is 0.403. The van der Waals surface area contributed by atoms with Crippen LogP contribution < -0.4 is 5.32 Å². The third kappa shape index (κ3) is 3.85. The first kappa shape index (κ1) is 13.6. The van der Waals surface area contributed by atoms with E-state index in [9.17, 15) is 4.79 Å². The van der Waals surface area contributed by atoms with Crippen LogP contribution in [0.2, 0.25) is 10.0 Å². The van der Waals surface area contributed by atoms with Crippen LogP contribution in [0, 0.1) is 0 Å². The summed E-state index contributed by atoms with van der Waals surface area (Å²) in [6, 6.07) is 4.99. The SMILES string of the molecule is O=C(NCCCCCl)c1cccc(Cl)c1Cl. The molecule has 16 heavy (non-hydrogen) atoms. The standard InChI is InChI=1S/C11H12Cl3NO/c12-6-1-2-7-15-11(16)8-4-3-5-9(13)10(8)14/h3-5H,1-2,6-7H2,(H,15,16). The molecule has 0 aliphatic heterocycles.